The number of anilines is 2. The molecule has 0 aromatic heterocycles. The van der Waals surface area contributed by atoms with E-state index in [1.807, 2.05) is 84.9 Å². The molecule has 1 unspecified atom stereocenters. The summed E-state index contributed by atoms with van der Waals surface area (Å²) in [5.74, 6) is 0.856. The maximum absolute atomic E-state index is 12.8. The Hall–Kier alpha value is -4.12. The normalized spacial score (nSPS) is 15.7. The number of ether oxygens (including phenoxy) is 1. The van der Waals surface area contributed by atoms with Gasteiger partial charge in [0.1, 0.15) is 11.5 Å². The van der Waals surface area contributed by atoms with Crippen molar-refractivity contribution in [3.63, 3.8) is 0 Å². The summed E-state index contributed by atoms with van der Waals surface area (Å²) in [7, 11) is 0. The first-order valence-electron chi connectivity index (χ1n) is 10.6. The molecular weight excluding hydrogens is 400 g/mol. The Balaban J connectivity index is 1.23. The van der Waals surface area contributed by atoms with Crippen LogP contribution in [0.15, 0.2) is 97.1 Å². The summed E-state index contributed by atoms with van der Waals surface area (Å²) in [5.41, 5.74) is 1.50. The van der Waals surface area contributed by atoms with Gasteiger partial charge in [-0.1, -0.05) is 48.5 Å². The number of nitrogens with one attached hydrogen (secondary N) is 1. The van der Waals surface area contributed by atoms with Crippen molar-refractivity contribution in [2.45, 2.75) is 6.42 Å². The lowest BCUT2D eigenvalue weighted by Crippen LogP contribution is -2.28. The number of amides is 2. The molecule has 158 valence electrons. The van der Waals surface area contributed by atoms with Crippen molar-refractivity contribution >= 4 is 34.0 Å². The van der Waals surface area contributed by atoms with E-state index in [-0.39, 0.29) is 18.2 Å². The Morgan fingerprint density at radius 2 is 1.50 bits per heavy atom. The van der Waals surface area contributed by atoms with Gasteiger partial charge in [0.15, 0.2) is 0 Å². The molecule has 5 nitrogen and oxygen atoms in total. The zero-order valence-electron chi connectivity index (χ0n) is 17.4. The van der Waals surface area contributed by atoms with Crippen LogP contribution >= 0.6 is 0 Å². The molecule has 1 aliphatic heterocycles. The third-order valence-corrected chi connectivity index (χ3v) is 5.64. The number of fused-ring (bicyclic) bond motifs is 1. The van der Waals surface area contributed by atoms with Crippen LogP contribution in [0.2, 0.25) is 0 Å². The third kappa shape index (κ3) is 4.18. The molecule has 1 aliphatic rings. The summed E-state index contributed by atoms with van der Waals surface area (Å²) in [4.78, 5) is 27.1. The predicted molar refractivity (Wildman–Crippen MR) is 126 cm³/mol. The van der Waals surface area contributed by atoms with Crippen molar-refractivity contribution in [2.75, 3.05) is 16.8 Å². The van der Waals surface area contributed by atoms with Crippen molar-refractivity contribution in [3.8, 4) is 11.5 Å². The van der Waals surface area contributed by atoms with Gasteiger partial charge in [0.05, 0.1) is 5.92 Å². The van der Waals surface area contributed by atoms with Gasteiger partial charge in [-0.05, 0) is 59.3 Å². The molecule has 1 heterocycles. The molecule has 1 atom stereocenters. The fourth-order valence-corrected chi connectivity index (χ4v) is 3.95. The minimum absolute atomic E-state index is 0.0351. The maximum atomic E-state index is 12.8. The Morgan fingerprint density at radius 3 is 2.28 bits per heavy atom. The van der Waals surface area contributed by atoms with Gasteiger partial charge in [-0.15, -0.1) is 0 Å². The lowest BCUT2D eigenvalue weighted by atomic mass is 10.1. The molecule has 0 saturated carbocycles. The Bertz CT molecular complexity index is 1270. The molecule has 1 fully saturated rings. The number of hydrogen-bond acceptors (Lipinski definition) is 3. The Kier molecular flexibility index (Phi) is 5.30. The largest absolute Gasteiger partial charge is 0.457 e. The molecule has 0 aliphatic carbocycles. The molecule has 5 rings (SSSR count). The van der Waals surface area contributed by atoms with E-state index in [0.29, 0.717) is 18.0 Å². The van der Waals surface area contributed by atoms with Crippen LogP contribution in [-0.2, 0) is 9.59 Å². The Labute approximate surface area is 186 Å². The van der Waals surface area contributed by atoms with Crippen LogP contribution in [0.4, 0.5) is 11.4 Å². The molecule has 1 saturated heterocycles. The highest BCUT2D eigenvalue weighted by Crippen LogP contribution is 2.29. The van der Waals surface area contributed by atoms with Gasteiger partial charge >= 0.3 is 0 Å². The van der Waals surface area contributed by atoms with Crippen LogP contribution in [0.1, 0.15) is 6.42 Å². The average molecular weight is 422 g/mol. The van der Waals surface area contributed by atoms with Crippen LogP contribution in [0.5, 0.6) is 11.5 Å². The highest BCUT2D eigenvalue weighted by Gasteiger charge is 2.35. The molecule has 0 bridgehead atoms. The molecule has 1 N–H and O–H groups in total. The van der Waals surface area contributed by atoms with Gasteiger partial charge < -0.3 is 15.0 Å². The summed E-state index contributed by atoms with van der Waals surface area (Å²) < 4.78 is 5.78. The van der Waals surface area contributed by atoms with E-state index in [0.717, 1.165) is 22.2 Å². The fourth-order valence-electron chi connectivity index (χ4n) is 3.95. The van der Waals surface area contributed by atoms with E-state index in [9.17, 15) is 9.59 Å². The zero-order chi connectivity index (χ0) is 21.9. The van der Waals surface area contributed by atoms with E-state index < -0.39 is 5.92 Å². The lowest BCUT2D eigenvalue weighted by molar-refractivity contribution is -0.122. The summed E-state index contributed by atoms with van der Waals surface area (Å²) in [5, 5.41) is 5.12. The van der Waals surface area contributed by atoms with Gasteiger partial charge in [0.2, 0.25) is 11.8 Å². The highest BCUT2D eigenvalue weighted by atomic mass is 16.5. The van der Waals surface area contributed by atoms with Crippen molar-refractivity contribution in [1.82, 2.24) is 0 Å². The third-order valence-electron chi connectivity index (χ3n) is 5.64. The van der Waals surface area contributed by atoms with Gasteiger partial charge in [-0.25, -0.2) is 0 Å². The summed E-state index contributed by atoms with van der Waals surface area (Å²) >= 11 is 0. The molecule has 0 radical (unpaired) electrons. The molecule has 32 heavy (non-hydrogen) atoms. The first kappa shape index (κ1) is 19.8. The molecule has 0 spiro atoms. The highest BCUT2D eigenvalue weighted by molar-refractivity contribution is 6.04. The van der Waals surface area contributed by atoms with Gasteiger partial charge in [-0.2, -0.15) is 0 Å². The van der Waals surface area contributed by atoms with Crippen LogP contribution in [0.3, 0.4) is 0 Å². The minimum atomic E-state index is -0.394. The summed E-state index contributed by atoms with van der Waals surface area (Å²) in [6, 6.07) is 30.7. The zero-order valence-corrected chi connectivity index (χ0v) is 17.4. The van der Waals surface area contributed by atoms with E-state index in [1.165, 1.54) is 0 Å². The number of carbonyl (C=O) groups is 2. The van der Waals surface area contributed by atoms with Gasteiger partial charge in [-0.3, -0.25) is 9.59 Å². The van der Waals surface area contributed by atoms with Crippen molar-refractivity contribution in [1.29, 1.82) is 0 Å². The van der Waals surface area contributed by atoms with Crippen LogP contribution in [0, 0.1) is 5.92 Å². The second-order valence-electron chi connectivity index (χ2n) is 7.87. The molecule has 4 aromatic carbocycles. The predicted octanol–water partition coefficient (Wildman–Crippen LogP) is 5.62. The number of nitrogens with zero attached hydrogens (tertiary/aromatic N) is 1. The molecule has 4 aromatic rings. The first-order valence-corrected chi connectivity index (χ1v) is 10.6. The number of hydrogen-bond donors (Lipinski definition) is 1. The van der Waals surface area contributed by atoms with Gasteiger partial charge in [0, 0.05) is 24.3 Å². The van der Waals surface area contributed by atoms with Crippen molar-refractivity contribution in [2.24, 2.45) is 5.92 Å². The smallest absolute Gasteiger partial charge is 0.229 e. The number of benzene rings is 4. The summed E-state index contributed by atoms with van der Waals surface area (Å²) in [6.45, 7) is 0.373. The fraction of sp³-hybridized carbons (Fsp3) is 0.111. The molecule has 2 amide bonds. The quantitative estimate of drug-likeness (QED) is 0.454. The summed E-state index contributed by atoms with van der Waals surface area (Å²) in [6.07, 6.45) is 0.202. The lowest BCUT2D eigenvalue weighted by Gasteiger charge is -2.17. The van der Waals surface area contributed by atoms with E-state index in [2.05, 4.69) is 5.32 Å². The molecular formula is C27H22N2O3. The second kappa shape index (κ2) is 8.55. The minimum Gasteiger partial charge on any atom is -0.457 e. The average Bonchev–Trinajstić information content (AvgIpc) is 3.22. The monoisotopic (exact) mass is 422 g/mol. The number of para-hydroxylation sites is 1. The van der Waals surface area contributed by atoms with E-state index in [1.54, 1.807) is 17.0 Å². The number of carbonyl (C=O) groups excluding carboxylic acids is 2. The van der Waals surface area contributed by atoms with Crippen molar-refractivity contribution < 1.29 is 14.3 Å². The van der Waals surface area contributed by atoms with E-state index >= 15 is 0 Å². The van der Waals surface area contributed by atoms with Crippen LogP contribution < -0.4 is 15.0 Å². The van der Waals surface area contributed by atoms with Crippen molar-refractivity contribution in [3.05, 3.63) is 97.1 Å². The SMILES string of the molecule is O=C(Nc1ccc(Oc2ccccc2)cc1)C1CC(=O)N(c2ccc3ccccc3c2)C1. The standard InChI is InChI=1S/C27H22N2O3/c30-26-17-21(18-29(26)23-13-10-19-6-4-5-7-20(19)16-23)27(31)28-22-11-14-25(15-12-22)32-24-8-2-1-3-9-24/h1-16,21H,17-18H2,(H,28,31). The molecule has 5 heteroatoms. The maximum Gasteiger partial charge on any atom is 0.229 e. The van der Waals surface area contributed by atoms with E-state index in [4.69, 9.17) is 4.74 Å². The first-order chi connectivity index (χ1) is 15.7. The van der Waals surface area contributed by atoms with Gasteiger partial charge in [0.25, 0.3) is 0 Å². The Morgan fingerprint density at radius 1 is 0.812 bits per heavy atom. The van der Waals surface area contributed by atoms with Crippen LogP contribution in [-0.4, -0.2) is 18.4 Å². The number of rotatable bonds is 5. The topological polar surface area (TPSA) is 58.6 Å². The second-order valence-corrected chi connectivity index (χ2v) is 7.87. The van der Waals surface area contributed by atoms with Crippen LogP contribution in [0.25, 0.3) is 10.8 Å².